The Balaban J connectivity index is 1.83. The van der Waals surface area contributed by atoms with Gasteiger partial charge in [-0.15, -0.1) is 11.3 Å². The summed E-state index contributed by atoms with van der Waals surface area (Å²) >= 11 is 5.02. The Bertz CT molecular complexity index is 427. The number of thiophene rings is 1. The fraction of sp³-hybridized carbons (Fsp3) is 0.462. The van der Waals surface area contributed by atoms with Crippen LogP contribution in [0.3, 0.4) is 0 Å². The molecule has 0 aliphatic heterocycles. The molecule has 2 unspecified atom stereocenters. The van der Waals surface area contributed by atoms with Crippen LogP contribution in [0.4, 0.5) is 0 Å². The van der Waals surface area contributed by atoms with Crippen LogP contribution < -0.4 is 5.32 Å². The number of halogens is 1. The monoisotopic (exact) mass is 313 g/mol. The van der Waals surface area contributed by atoms with Gasteiger partial charge >= 0.3 is 0 Å². The van der Waals surface area contributed by atoms with Crippen LogP contribution in [0.25, 0.3) is 6.08 Å². The molecule has 0 bridgehead atoms. The van der Waals surface area contributed by atoms with E-state index in [4.69, 9.17) is 0 Å². The lowest BCUT2D eigenvalue weighted by atomic mass is 10.1. The quantitative estimate of drug-likeness (QED) is 0.844. The van der Waals surface area contributed by atoms with Crippen molar-refractivity contribution in [2.75, 3.05) is 0 Å². The van der Waals surface area contributed by atoms with Crippen LogP contribution in [0, 0.1) is 5.92 Å². The first-order valence-corrected chi connectivity index (χ1v) is 7.48. The average molecular weight is 314 g/mol. The van der Waals surface area contributed by atoms with Crippen molar-refractivity contribution < 1.29 is 4.79 Å². The molecule has 0 aromatic carbocycles. The normalized spacial score (nSPS) is 24.4. The zero-order valence-corrected chi connectivity index (χ0v) is 12.2. The first-order chi connectivity index (χ1) is 8.13. The van der Waals surface area contributed by atoms with E-state index in [9.17, 15) is 4.79 Å². The summed E-state index contributed by atoms with van der Waals surface area (Å²) < 4.78 is 1.09. The zero-order chi connectivity index (χ0) is 12.3. The van der Waals surface area contributed by atoms with Gasteiger partial charge in [0, 0.05) is 17.0 Å². The molecular formula is C13H16BrNOS. The molecule has 1 aromatic heterocycles. The fourth-order valence-corrected chi connectivity index (χ4v) is 3.49. The van der Waals surface area contributed by atoms with E-state index in [1.54, 1.807) is 17.4 Å². The Kier molecular flexibility index (Phi) is 4.40. The second-order valence-electron chi connectivity index (χ2n) is 4.60. The molecule has 92 valence electrons. The van der Waals surface area contributed by atoms with Crippen molar-refractivity contribution in [3.63, 3.8) is 0 Å². The Labute approximate surface area is 114 Å². The van der Waals surface area contributed by atoms with Crippen LogP contribution in [0.5, 0.6) is 0 Å². The van der Waals surface area contributed by atoms with Gasteiger partial charge in [0.05, 0.1) is 3.79 Å². The Morgan fingerprint density at radius 1 is 1.53 bits per heavy atom. The third-order valence-corrected chi connectivity index (χ3v) is 4.62. The van der Waals surface area contributed by atoms with Crippen LogP contribution in [-0.2, 0) is 4.79 Å². The van der Waals surface area contributed by atoms with Gasteiger partial charge in [-0.05, 0) is 59.3 Å². The number of rotatable bonds is 3. The molecule has 2 nitrogen and oxygen atoms in total. The van der Waals surface area contributed by atoms with Crippen LogP contribution in [0.15, 0.2) is 22.0 Å². The summed E-state index contributed by atoms with van der Waals surface area (Å²) in [5, 5.41) is 3.05. The van der Waals surface area contributed by atoms with Crippen molar-refractivity contribution in [3.8, 4) is 0 Å². The molecule has 1 heterocycles. The van der Waals surface area contributed by atoms with Gasteiger partial charge < -0.3 is 5.32 Å². The molecule has 1 N–H and O–H groups in total. The van der Waals surface area contributed by atoms with Gasteiger partial charge in [-0.1, -0.05) is 6.92 Å². The van der Waals surface area contributed by atoms with Crippen LogP contribution in [0.2, 0.25) is 0 Å². The van der Waals surface area contributed by atoms with Crippen LogP contribution >= 0.6 is 27.3 Å². The molecule has 0 saturated heterocycles. The third kappa shape index (κ3) is 3.96. The lowest BCUT2D eigenvalue weighted by molar-refractivity contribution is -0.117. The molecule has 1 fully saturated rings. The van der Waals surface area contributed by atoms with Crippen molar-refractivity contribution in [1.29, 1.82) is 0 Å². The van der Waals surface area contributed by atoms with Crippen molar-refractivity contribution in [2.24, 2.45) is 5.92 Å². The maximum atomic E-state index is 11.7. The van der Waals surface area contributed by atoms with Crippen molar-refractivity contribution in [2.45, 2.75) is 32.2 Å². The highest BCUT2D eigenvalue weighted by molar-refractivity contribution is 9.11. The minimum atomic E-state index is 0.0219. The molecule has 2 rings (SSSR count). The highest BCUT2D eigenvalue weighted by atomic mass is 79.9. The highest BCUT2D eigenvalue weighted by Gasteiger charge is 2.21. The summed E-state index contributed by atoms with van der Waals surface area (Å²) in [6.45, 7) is 2.24. The molecule has 1 aliphatic rings. The number of carbonyl (C=O) groups is 1. The summed E-state index contributed by atoms with van der Waals surface area (Å²) in [6, 6.07) is 4.36. The van der Waals surface area contributed by atoms with E-state index in [0.29, 0.717) is 6.04 Å². The average Bonchev–Trinajstić information content (AvgIpc) is 2.85. The van der Waals surface area contributed by atoms with Gasteiger partial charge in [-0.3, -0.25) is 4.79 Å². The van der Waals surface area contributed by atoms with E-state index in [0.717, 1.165) is 27.4 Å². The maximum absolute atomic E-state index is 11.7. The second-order valence-corrected chi connectivity index (χ2v) is 7.09. The summed E-state index contributed by atoms with van der Waals surface area (Å²) in [6.07, 6.45) is 6.95. The van der Waals surface area contributed by atoms with Crippen molar-refractivity contribution in [1.82, 2.24) is 5.32 Å². The molecule has 0 spiro atoms. The van der Waals surface area contributed by atoms with E-state index in [2.05, 4.69) is 28.2 Å². The minimum absolute atomic E-state index is 0.0219. The van der Waals surface area contributed by atoms with Crippen molar-refractivity contribution in [3.05, 3.63) is 26.9 Å². The Morgan fingerprint density at radius 2 is 2.35 bits per heavy atom. The Hall–Kier alpha value is -0.610. The Morgan fingerprint density at radius 3 is 2.94 bits per heavy atom. The van der Waals surface area contributed by atoms with Gasteiger partial charge in [-0.2, -0.15) is 0 Å². The van der Waals surface area contributed by atoms with Gasteiger partial charge in [0.15, 0.2) is 0 Å². The van der Waals surface area contributed by atoms with Gasteiger partial charge in [0.1, 0.15) is 0 Å². The SMILES string of the molecule is CC1CCC(NC(=O)/C=C/c2ccc(Br)s2)C1. The zero-order valence-electron chi connectivity index (χ0n) is 9.78. The van der Waals surface area contributed by atoms with E-state index >= 15 is 0 Å². The second kappa shape index (κ2) is 5.83. The number of nitrogens with one attached hydrogen (secondary N) is 1. The first-order valence-electron chi connectivity index (χ1n) is 5.87. The summed E-state index contributed by atoms with van der Waals surface area (Å²) in [7, 11) is 0. The standard InChI is InChI=1S/C13H16BrNOS/c1-9-2-3-10(8-9)15-13(16)7-5-11-4-6-12(14)17-11/h4-7,9-10H,2-3,8H2,1H3,(H,15,16)/b7-5+. The number of hydrogen-bond acceptors (Lipinski definition) is 2. The van der Waals surface area contributed by atoms with Gasteiger partial charge in [-0.25, -0.2) is 0 Å². The molecule has 1 aliphatic carbocycles. The minimum Gasteiger partial charge on any atom is -0.350 e. The van der Waals surface area contributed by atoms with Gasteiger partial charge in [0.2, 0.25) is 5.91 Å². The molecule has 1 saturated carbocycles. The molecular weight excluding hydrogens is 298 g/mol. The highest BCUT2D eigenvalue weighted by Crippen LogP contribution is 2.25. The summed E-state index contributed by atoms with van der Waals surface area (Å²) in [5.41, 5.74) is 0. The predicted molar refractivity (Wildman–Crippen MR) is 76.0 cm³/mol. The van der Waals surface area contributed by atoms with Crippen LogP contribution in [-0.4, -0.2) is 11.9 Å². The van der Waals surface area contributed by atoms with Gasteiger partial charge in [0.25, 0.3) is 0 Å². The molecule has 1 amide bonds. The van der Waals surface area contributed by atoms with Crippen molar-refractivity contribution >= 4 is 39.2 Å². The summed E-state index contributed by atoms with van der Waals surface area (Å²) in [5.74, 6) is 0.770. The smallest absolute Gasteiger partial charge is 0.244 e. The molecule has 17 heavy (non-hydrogen) atoms. The van der Waals surface area contributed by atoms with E-state index in [-0.39, 0.29) is 5.91 Å². The van der Waals surface area contributed by atoms with E-state index < -0.39 is 0 Å². The molecule has 4 heteroatoms. The fourth-order valence-electron chi connectivity index (χ4n) is 2.16. The van der Waals surface area contributed by atoms with E-state index in [1.807, 2.05) is 18.2 Å². The summed E-state index contributed by atoms with van der Waals surface area (Å²) in [4.78, 5) is 12.8. The lowest BCUT2D eigenvalue weighted by Gasteiger charge is -2.09. The molecule has 2 atom stereocenters. The third-order valence-electron chi connectivity index (χ3n) is 3.03. The number of hydrogen-bond donors (Lipinski definition) is 1. The molecule has 1 aromatic rings. The largest absolute Gasteiger partial charge is 0.350 e. The molecule has 0 radical (unpaired) electrons. The predicted octanol–water partition coefficient (Wildman–Crippen LogP) is 3.83. The maximum Gasteiger partial charge on any atom is 0.244 e. The number of carbonyl (C=O) groups excluding carboxylic acids is 1. The number of amides is 1. The van der Waals surface area contributed by atoms with E-state index in [1.165, 1.54) is 6.42 Å². The van der Waals surface area contributed by atoms with Crippen LogP contribution in [0.1, 0.15) is 31.1 Å². The lowest BCUT2D eigenvalue weighted by Crippen LogP contribution is -2.31. The first kappa shape index (κ1) is 12.8. The topological polar surface area (TPSA) is 29.1 Å².